The molecule has 0 bridgehead atoms. The van der Waals surface area contributed by atoms with Crippen LogP contribution in [0.5, 0.6) is 5.88 Å². The van der Waals surface area contributed by atoms with Crippen LogP contribution in [0.3, 0.4) is 0 Å². The number of nitrogens with zero attached hydrogens (tertiary/aromatic N) is 2. The largest absolute Gasteiger partial charge is 0.481 e. The molecule has 2 aromatic rings. The summed E-state index contributed by atoms with van der Waals surface area (Å²) in [5.74, 6) is 0.617. The highest BCUT2D eigenvalue weighted by Gasteiger charge is 2.07. The van der Waals surface area contributed by atoms with Crippen LogP contribution in [0.2, 0.25) is 0 Å². The number of nitrogens with two attached hydrogens (primary N) is 1. The van der Waals surface area contributed by atoms with E-state index in [9.17, 15) is 0 Å². The van der Waals surface area contributed by atoms with E-state index in [4.69, 9.17) is 10.5 Å². The molecule has 5 heteroatoms. The van der Waals surface area contributed by atoms with E-state index < -0.39 is 0 Å². The van der Waals surface area contributed by atoms with E-state index in [2.05, 4.69) is 25.9 Å². The third-order valence-corrected chi connectivity index (χ3v) is 3.23. The molecule has 0 aromatic carbocycles. The number of ether oxygens (including phenoxy) is 1. The van der Waals surface area contributed by atoms with Gasteiger partial charge in [-0.2, -0.15) is 0 Å². The molecule has 19 heavy (non-hydrogen) atoms. The van der Waals surface area contributed by atoms with Crippen LogP contribution in [-0.4, -0.2) is 23.1 Å². The van der Waals surface area contributed by atoms with E-state index in [-0.39, 0.29) is 6.04 Å². The summed E-state index contributed by atoms with van der Waals surface area (Å²) >= 11 is 3.37. The molecule has 1 unspecified atom stereocenters. The maximum atomic E-state index is 6.14. The number of aromatic nitrogens is 2. The van der Waals surface area contributed by atoms with Gasteiger partial charge in [0.2, 0.25) is 5.88 Å². The van der Waals surface area contributed by atoms with E-state index in [1.165, 1.54) is 0 Å². The lowest BCUT2D eigenvalue weighted by Gasteiger charge is -2.11. The van der Waals surface area contributed by atoms with Gasteiger partial charge in [0.15, 0.2) is 0 Å². The highest BCUT2D eigenvalue weighted by Crippen LogP contribution is 2.11. The lowest BCUT2D eigenvalue weighted by atomic mass is 10.0. The Bertz CT molecular complexity index is 513. The number of hydrogen-bond acceptors (Lipinski definition) is 4. The molecule has 0 fully saturated rings. The molecule has 2 aromatic heterocycles. The number of methoxy groups -OCH3 is 1. The summed E-state index contributed by atoms with van der Waals surface area (Å²) in [5.41, 5.74) is 8.24. The van der Waals surface area contributed by atoms with E-state index >= 15 is 0 Å². The number of pyridine rings is 2. The van der Waals surface area contributed by atoms with Crippen LogP contribution in [0.25, 0.3) is 0 Å². The number of rotatable bonds is 5. The van der Waals surface area contributed by atoms with Crippen molar-refractivity contribution in [3.05, 3.63) is 52.4 Å². The van der Waals surface area contributed by atoms with Crippen molar-refractivity contribution in [1.29, 1.82) is 0 Å². The van der Waals surface area contributed by atoms with Gasteiger partial charge in [0.25, 0.3) is 0 Å². The fourth-order valence-electron chi connectivity index (χ4n) is 1.82. The van der Waals surface area contributed by atoms with Crippen LogP contribution in [0, 0.1) is 0 Å². The summed E-state index contributed by atoms with van der Waals surface area (Å²) in [5, 5.41) is 0. The molecule has 1 atom stereocenters. The lowest BCUT2D eigenvalue weighted by molar-refractivity contribution is 0.397. The van der Waals surface area contributed by atoms with Crippen molar-refractivity contribution in [2.45, 2.75) is 18.9 Å². The Balaban J connectivity index is 1.92. The van der Waals surface area contributed by atoms with Crippen molar-refractivity contribution in [3.8, 4) is 5.88 Å². The molecule has 2 heterocycles. The second-order valence-electron chi connectivity index (χ2n) is 4.34. The summed E-state index contributed by atoms with van der Waals surface area (Å²) in [6.07, 6.45) is 5.11. The average Bonchev–Trinajstić information content (AvgIpc) is 2.42. The van der Waals surface area contributed by atoms with Gasteiger partial charge in [-0.15, -0.1) is 0 Å². The van der Waals surface area contributed by atoms with Gasteiger partial charge in [-0.05, 0) is 40.0 Å². The Kier molecular flexibility index (Phi) is 4.87. The molecule has 2 N–H and O–H groups in total. The molecule has 100 valence electrons. The molecule has 0 amide bonds. The molecule has 0 radical (unpaired) electrons. The first kappa shape index (κ1) is 14.0. The molecule has 0 saturated carbocycles. The van der Waals surface area contributed by atoms with Gasteiger partial charge < -0.3 is 10.5 Å². The average molecular weight is 322 g/mol. The maximum Gasteiger partial charge on any atom is 0.212 e. The summed E-state index contributed by atoms with van der Waals surface area (Å²) in [7, 11) is 1.60. The van der Waals surface area contributed by atoms with Crippen molar-refractivity contribution >= 4 is 15.9 Å². The van der Waals surface area contributed by atoms with Gasteiger partial charge in [0, 0.05) is 41.1 Å². The third kappa shape index (κ3) is 4.29. The summed E-state index contributed by atoms with van der Waals surface area (Å²) in [4.78, 5) is 8.49. The molecule has 4 nitrogen and oxygen atoms in total. The zero-order valence-electron chi connectivity index (χ0n) is 10.7. The van der Waals surface area contributed by atoms with Crippen LogP contribution in [-0.2, 0) is 12.8 Å². The summed E-state index contributed by atoms with van der Waals surface area (Å²) in [6.45, 7) is 0. The van der Waals surface area contributed by atoms with Crippen LogP contribution in [0.15, 0.2) is 41.1 Å². The molecular formula is C14H16BrN3O. The highest BCUT2D eigenvalue weighted by molar-refractivity contribution is 9.10. The predicted molar refractivity (Wildman–Crippen MR) is 78.1 cm³/mol. The van der Waals surface area contributed by atoms with E-state index in [0.717, 1.165) is 28.6 Å². The normalized spacial score (nSPS) is 12.2. The van der Waals surface area contributed by atoms with Crippen molar-refractivity contribution in [1.82, 2.24) is 9.97 Å². The van der Waals surface area contributed by atoms with Gasteiger partial charge >= 0.3 is 0 Å². The first-order valence-electron chi connectivity index (χ1n) is 6.02. The smallest absolute Gasteiger partial charge is 0.212 e. The highest BCUT2D eigenvalue weighted by atomic mass is 79.9. The SMILES string of the molecule is COc1ccc(CC(N)Cc2ccc(Br)cn2)cn1. The topological polar surface area (TPSA) is 61.0 Å². The van der Waals surface area contributed by atoms with Crippen LogP contribution in [0.4, 0.5) is 0 Å². The summed E-state index contributed by atoms with van der Waals surface area (Å²) < 4.78 is 6.00. The van der Waals surface area contributed by atoms with E-state index in [0.29, 0.717) is 5.88 Å². The standard InChI is InChI=1S/C14H16BrN3O/c1-19-14-5-2-10(8-18-14)6-12(16)7-13-4-3-11(15)9-17-13/h2-5,8-9,12H,6-7,16H2,1H3. The molecule has 0 aliphatic heterocycles. The Morgan fingerprint density at radius 2 is 2.00 bits per heavy atom. The number of hydrogen-bond donors (Lipinski definition) is 1. The molecule has 0 spiro atoms. The van der Waals surface area contributed by atoms with E-state index in [1.54, 1.807) is 19.5 Å². The van der Waals surface area contributed by atoms with Crippen molar-refractivity contribution < 1.29 is 4.74 Å². The second-order valence-corrected chi connectivity index (χ2v) is 5.26. The first-order chi connectivity index (χ1) is 9.17. The second kappa shape index (κ2) is 6.63. The van der Waals surface area contributed by atoms with Crippen molar-refractivity contribution in [3.63, 3.8) is 0 Å². The molecular weight excluding hydrogens is 306 g/mol. The Labute approximate surface area is 121 Å². The van der Waals surface area contributed by atoms with Gasteiger partial charge in [0.05, 0.1) is 7.11 Å². The Morgan fingerprint density at radius 1 is 1.16 bits per heavy atom. The minimum Gasteiger partial charge on any atom is -0.481 e. The van der Waals surface area contributed by atoms with Crippen molar-refractivity contribution in [2.24, 2.45) is 5.73 Å². The van der Waals surface area contributed by atoms with E-state index in [1.807, 2.05) is 24.3 Å². The minimum absolute atomic E-state index is 0.0314. The van der Waals surface area contributed by atoms with Gasteiger partial charge in [-0.25, -0.2) is 4.98 Å². The molecule has 0 aliphatic carbocycles. The van der Waals surface area contributed by atoms with Gasteiger partial charge in [-0.1, -0.05) is 6.07 Å². The zero-order chi connectivity index (χ0) is 13.7. The van der Waals surface area contributed by atoms with Crippen molar-refractivity contribution in [2.75, 3.05) is 7.11 Å². The monoisotopic (exact) mass is 321 g/mol. The van der Waals surface area contributed by atoms with Crippen LogP contribution in [0.1, 0.15) is 11.3 Å². The fourth-order valence-corrected chi connectivity index (χ4v) is 2.06. The van der Waals surface area contributed by atoms with Crippen LogP contribution >= 0.6 is 15.9 Å². The third-order valence-electron chi connectivity index (χ3n) is 2.76. The minimum atomic E-state index is 0.0314. The maximum absolute atomic E-state index is 6.14. The van der Waals surface area contributed by atoms with Crippen LogP contribution < -0.4 is 10.5 Å². The molecule has 0 aliphatic rings. The fraction of sp³-hybridized carbons (Fsp3) is 0.286. The lowest BCUT2D eigenvalue weighted by Crippen LogP contribution is -2.26. The summed E-state index contributed by atoms with van der Waals surface area (Å²) in [6, 6.07) is 7.82. The number of halogens is 1. The Morgan fingerprint density at radius 3 is 2.58 bits per heavy atom. The quantitative estimate of drug-likeness (QED) is 0.918. The Hall–Kier alpha value is -1.46. The first-order valence-corrected chi connectivity index (χ1v) is 6.81. The van der Waals surface area contributed by atoms with Gasteiger partial charge in [0.1, 0.15) is 0 Å². The predicted octanol–water partition coefficient (Wildman–Crippen LogP) is 2.36. The molecule has 2 rings (SSSR count). The van der Waals surface area contributed by atoms with Gasteiger partial charge in [-0.3, -0.25) is 4.98 Å². The molecule has 0 saturated heterocycles. The zero-order valence-corrected chi connectivity index (χ0v) is 12.3.